The van der Waals surface area contributed by atoms with Crippen molar-refractivity contribution < 1.29 is 4.74 Å². The fourth-order valence-electron chi connectivity index (χ4n) is 1.16. The first-order valence-electron chi connectivity index (χ1n) is 5.22. The predicted molar refractivity (Wildman–Crippen MR) is 66.6 cm³/mol. The molecule has 16 heavy (non-hydrogen) atoms. The second-order valence-electron chi connectivity index (χ2n) is 3.64. The van der Waals surface area contributed by atoms with Crippen LogP contribution >= 0.6 is 11.6 Å². The quantitative estimate of drug-likeness (QED) is 0.452. The smallest absolute Gasteiger partial charge is 0.133 e. The van der Waals surface area contributed by atoms with Crippen molar-refractivity contribution in [3.63, 3.8) is 0 Å². The molecule has 0 spiro atoms. The van der Waals surface area contributed by atoms with E-state index in [2.05, 4.69) is 16.9 Å². The Hall–Kier alpha value is -0.900. The molecule has 0 atom stereocenters. The average molecular weight is 241 g/mol. The van der Waals surface area contributed by atoms with E-state index in [1.807, 2.05) is 19.1 Å². The topological polar surface area (TPSA) is 34.1 Å². The minimum absolute atomic E-state index is 0.554. The second-order valence-corrected chi connectivity index (χ2v) is 4.00. The van der Waals surface area contributed by atoms with Gasteiger partial charge in [-0.25, -0.2) is 4.98 Å². The van der Waals surface area contributed by atoms with Crippen LogP contribution in [0.3, 0.4) is 0 Å². The number of aromatic nitrogens is 1. The number of pyridine rings is 1. The van der Waals surface area contributed by atoms with Gasteiger partial charge in [0.1, 0.15) is 5.15 Å². The minimum Gasteiger partial charge on any atom is -0.376 e. The van der Waals surface area contributed by atoms with Crippen molar-refractivity contribution in [2.75, 3.05) is 19.8 Å². The van der Waals surface area contributed by atoms with Gasteiger partial charge < -0.3 is 10.1 Å². The van der Waals surface area contributed by atoms with Crippen LogP contribution in [0.2, 0.25) is 5.15 Å². The third kappa shape index (κ3) is 5.26. The van der Waals surface area contributed by atoms with Gasteiger partial charge in [-0.2, -0.15) is 0 Å². The lowest BCUT2D eigenvalue weighted by Crippen LogP contribution is -2.19. The summed E-state index contributed by atoms with van der Waals surface area (Å²) in [5, 5.41) is 3.79. The van der Waals surface area contributed by atoms with Crippen molar-refractivity contribution in [2.24, 2.45) is 0 Å². The molecule has 0 amide bonds. The molecule has 1 heterocycles. The van der Waals surface area contributed by atoms with E-state index in [0.717, 1.165) is 17.7 Å². The van der Waals surface area contributed by atoms with Crippen molar-refractivity contribution in [2.45, 2.75) is 13.5 Å². The van der Waals surface area contributed by atoms with Crippen LogP contribution in [0.15, 0.2) is 30.5 Å². The summed E-state index contributed by atoms with van der Waals surface area (Å²) in [4.78, 5) is 4.00. The van der Waals surface area contributed by atoms with E-state index in [0.29, 0.717) is 24.9 Å². The summed E-state index contributed by atoms with van der Waals surface area (Å²) in [5.74, 6) is 0. The van der Waals surface area contributed by atoms with E-state index >= 15 is 0 Å². The standard InChI is InChI=1S/C12H17ClN2O/c1-10(2)9-16-7-6-14-8-11-4-3-5-15-12(11)13/h3-5,14H,1,6-9H2,2H3. The molecule has 0 unspecified atom stereocenters. The Morgan fingerprint density at radius 2 is 2.44 bits per heavy atom. The van der Waals surface area contributed by atoms with Crippen molar-refractivity contribution in [3.05, 3.63) is 41.2 Å². The average Bonchev–Trinajstić information content (AvgIpc) is 2.25. The largest absolute Gasteiger partial charge is 0.376 e. The Kier molecular flexibility index (Phi) is 6.08. The van der Waals surface area contributed by atoms with E-state index in [4.69, 9.17) is 16.3 Å². The van der Waals surface area contributed by atoms with Crippen molar-refractivity contribution in [1.82, 2.24) is 10.3 Å². The lowest BCUT2D eigenvalue weighted by Gasteiger charge is -2.06. The highest BCUT2D eigenvalue weighted by atomic mass is 35.5. The maximum absolute atomic E-state index is 5.91. The first-order valence-corrected chi connectivity index (χ1v) is 5.60. The molecule has 0 aromatic carbocycles. The summed E-state index contributed by atoms with van der Waals surface area (Å²) in [5.41, 5.74) is 2.04. The molecule has 1 rings (SSSR count). The SMILES string of the molecule is C=C(C)COCCNCc1cccnc1Cl. The maximum Gasteiger partial charge on any atom is 0.133 e. The van der Waals surface area contributed by atoms with Crippen molar-refractivity contribution in [3.8, 4) is 0 Å². The summed E-state index contributed by atoms with van der Waals surface area (Å²) >= 11 is 5.91. The van der Waals surface area contributed by atoms with Gasteiger partial charge in [0.25, 0.3) is 0 Å². The van der Waals surface area contributed by atoms with Gasteiger partial charge in [0.15, 0.2) is 0 Å². The molecule has 0 bridgehead atoms. The van der Waals surface area contributed by atoms with E-state index in [1.165, 1.54) is 0 Å². The molecule has 1 aromatic rings. The van der Waals surface area contributed by atoms with Crippen LogP contribution in [-0.4, -0.2) is 24.7 Å². The van der Waals surface area contributed by atoms with Gasteiger partial charge in [0, 0.05) is 24.8 Å². The number of nitrogens with one attached hydrogen (secondary N) is 1. The molecule has 1 aromatic heterocycles. The van der Waals surface area contributed by atoms with Crippen LogP contribution in [0.5, 0.6) is 0 Å². The molecule has 4 heteroatoms. The number of halogens is 1. The van der Waals surface area contributed by atoms with E-state index in [9.17, 15) is 0 Å². The molecule has 0 saturated carbocycles. The first-order chi connectivity index (χ1) is 7.70. The van der Waals surface area contributed by atoms with Crippen LogP contribution in [0.1, 0.15) is 12.5 Å². The van der Waals surface area contributed by atoms with E-state index < -0.39 is 0 Å². The normalized spacial score (nSPS) is 10.4. The number of rotatable bonds is 7. The number of hydrogen-bond donors (Lipinski definition) is 1. The molecule has 0 aliphatic carbocycles. The fourth-order valence-corrected chi connectivity index (χ4v) is 1.35. The summed E-state index contributed by atoms with van der Waals surface area (Å²) in [7, 11) is 0. The summed E-state index contributed by atoms with van der Waals surface area (Å²) < 4.78 is 5.35. The molecule has 0 aliphatic heterocycles. The monoisotopic (exact) mass is 240 g/mol. The van der Waals surface area contributed by atoms with Crippen LogP contribution in [0.25, 0.3) is 0 Å². The Labute approximate surface area is 101 Å². The molecule has 88 valence electrons. The molecular weight excluding hydrogens is 224 g/mol. The Bertz CT molecular complexity index is 342. The number of ether oxygens (including phenoxy) is 1. The van der Waals surface area contributed by atoms with Crippen LogP contribution in [-0.2, 0) is 11.3 Å². The lowest BCUT2D eigenvalue weighted by atomic mass is 10.3. The van der Waals surface area contributed by atoms with Gasteiger partial charge in [0.05, 0.1) is 13.2 Å². The Morgan fingerprint density at radius 1 is 1.62 bits per heavy atom. The molecule has 0 saturated heterocycles. The summed E-state index contributed by atoms with van der Waals surface area (Å²) in [6, 6.07) is 3.83. The Morgan fingerprint density at radius 3 is 3.12 bits per heavy atom. The highest BCUT2D eigenvalue weighted by Gasteiger charge is 1.98. The molecular formula is C12H17ClN2O. The van der Waals surface area contributed by atoms with Gasteiger partial charge in [-0.3, -0.25) is 0 Å². The lowest BCUT2D eigenvalue weighted by molar-refractivity contribution is 0.158. The van der Waals surface area contributed by atoms with Crippen molar-refractivity contribution >= 4 is 11.6 Å². The fraction of sp³-hybridized carbons (Fsp3) is 0.417. The van der Waals surface area contributed by atoms with E-state index in [1.54, 1.807) is 6.20 Å². The van der Waals surface area contributed by atoms with Crippen molar-refractivity contribution in [1.29, 1.82) is 0 Å². The van der Waals surface area contributed by atoms with E-state index in [-0.39, 0.29) is 0 Å². The third-order valence-electron chi connectivity index (χ3n) is 1.92. The van der Waals surface area contributed by atoms with Crippen LogP contribution < -0.4 is 5.32 Å². The van der Waals surface area contributed by atoms with Crippen LogP contribution in [0, 0.1) is 0 Å². The minimum atomic E-state index is 0.554. The zero-order chi connectivity index (χ0) is 11.8. The number of hydrogen-bond acceptors (Lipinski definition) is 3. The maximum atomic E-state index is 5.91. The van der Waals surface area contributed by atoms with Gasteiger partial charge in [-0.15, -0.1) is 0 Å². The molecule has 0 fully saturated rings. The molecule has 3 nitrogen and oxygen atoms in total. The van der Waals surface area contributed by atoms with Gasteiger partial charge in [-0.05, 0) is 13.0 Å². The molecule has 0 aliphatic rings. The zero-order valence-corrected chi connectivity index (χ0v) is 10.3. The number of nitrogens with zero attached hydrogens (tertiary/aromatic N) is 1. The summed E-state index contributed by atoms with van der Waals surface area (Å²) in [6.07, 6.45) is 1.68. The summed E-state index contributed by atoms with van der Waals surface area (Å²) in [6.45, 7) is 8.50. The Balaban J connectivity index is 2.12. The molecule has 0 radical (unpaired) electrons. The van der Waals surface area contributed by atoms with Gasteiger partial charge in [0.2, 0.25) is 0 Å². The predicted octanol–water partition coefficient (Wildman–Crippen LogP) is 2.42. The second kappa shape index (κ2) is 7.39. The first kappa shape index (κ1) is 13.2. The van der Waals surface area contributed by atoms with Crippen LogP contribution in [0.4, 0.5) is 0 Å². The highest BCUT2D eigenvalue weighted by Crippen LogP contribution is 2.10. The van der Waals surface area contributed by atoms with Gasteiger partial charge in [-0.1, -0.05) is 29.8 Å². The molecule has 1 N–H and O–H groups in total. The van der Waals surface area contributed by atoms with Gasteiger partial charge >= 0.3 is 0 Å². The highest BCUT2D eigenvalue weighted by molar-refractivity contribution is 6.30. The zero-order valence-electron chi connectivity index (χ0n) is 9.50. The third-order valence-corrected chi connectivity index (χ3v) is 2.26.